The summed E-state index contributed by atoms with van der Waals surface area (Å²) in [5.41, 5.74) is 0. The lowest BCUT2D eigenvalue weighted by molar-refractivity contribution is 0.525. The Kier molecular flexibility index (Phi) is 24.5. The fourth-order valence-corrected chi connectivity index (χ4v) is 3.72. The molecule has 0 aromatic carbocycles. The molecule has 0 radical (unpaired) electrons. The van der Waals surface area contributed by atoms with Crippen LogP contribution in [0.15, 0.2) is 12.2 Å². The molecule has 0 aromatic rings. The Morgan fingerprint density at radius 1 is 0.308 bits per heavy atom. The highest BCUT2D eigenvalue weighted by atomic mass is 14.0. The van der Waals surface area contributed by atoms with E-state index in [2.05, 4.69) is 26.0 Å². The Bertz CT molecular complexity index is 253. The Hall–Kier alpha value is -0.260. The molecule has 0 saturated heterocycles. The average Bonchev–Trinajstić information content (AvgIpc) is 2.66. The third-order valence-electron chi connectivity index (χ3n) is 5.62. The van der Waals surface area contributed by atoms with Gasteiger partial charge < -0.3 is 0 Å². The molecule has 0 amide bonds. The summed E-state index contributed by atoms with van der Waals surface area (Å²) in [6.07, 6.45) is 36.4. The third kappa shape index (κ3) is 23.7. The van der Waals surface area contributed by atoms with Crippen LogP contribution in [0.4, 0.5) is 0 Å². The first-order valence-corrected chi connectivity index (χ1v) is 12.6. The van der Waals surface area contributed by atoms with Crippen LogP contribution in [-0.2, 0) is 0 Å². The lowest BCUT2D eigenvalue weighted by Crippen LogP contribution is -1.84. The largest absolute Gasteiger partial charge is 0.0885 e. The molecule has 0 aliphatic heterocycles. The smallest absolute Gasteiger partial charge is 0.0351 e. The van der Waals surface area contributed by atoms with Crippen LogP contribution in [0.25, 0.3) is 0 Å². The highest BCUT2D eigenvalue weighted by molar-refractivity contribution is 4.81. The molecule has 0 heteroatoms. The molecular formula is C26H52. The second-order valence-corrected chi connectivity index (χ2v) is 8.41. The standard InChI is InChI=1S/C26H52/c1-3-5-7-9-11-13-15-17-19-21-23-25-26-24-22-20-18-16-14-12-10-8-6-4-2/h9,11H,3-8,10,12-26H2,1-2H3. The number of hydrogen-bond acceptors (Lipinski definition) is 0. The predicted octanol–water partition coefficient (Wildman–Crippen LogP) is 10.2. The number of allylic oxidation sites excluding steroid dienone is 2. The van der Waals surface area contributed by atoms with Crippen LogP contribution < -0.4 is 0 Å². The number of rotatable bonds is 22. The summed E-state index contributed by atoms with van der Waals surface area (Å²) < 4.78 is 0. The molecule has 0 atom stereocenters. The maximum Gasteiger partial charge on any atom is -0.0351 e. The predicted molar refractivity (Wildman–Crippen MR) is 122 cm³/mol. The third-order valence-corrected chi connectivity index (χ3v) is 5.62. The van der Waals surface area contributed by atoms with Gasteiger partial charge in [0.25, 0.3) is 0 Å². The van der Waals surface area contributed by atoms with Crippen LogP contribution in [0.5, 0.6) is 0 Å². The zero-order valence-corrected chi connectivity index (χ0v) is 18.7. The Labute approximate surface area is 167 Å². The molecule has 0 unspecified atom stereocenters. The second kappa shape index (κ2) is 24.7. The van der Waals surface area contributed by atoms with Gasteiger partial charge in [0.05, 0.1) is 0 Å². The Morgan fingerprint density at radius 3 is 0.923 bits per heavy atom. The normalized spacial score (nSPS) is 11.6. The van der Waals surface area contributed by atoms with E-state index in [1.807, 2.05) is 0 Å². The van der Waals surface area contributed by atoms with Gasteiger partial charge in [0.15, 0.2) is 0 Å². The summed E-state index contributed by atoms with van der Waals surface area (Å²) in [4.78, 5) is 0. The SMILES string of the molecule is CCCCC=CCCCCCCCCCCCCCCCCCCCC. The van der Waals surface area contributed by atoms with E-state index < -0.39 is 0 Å². The van der Waals surface area contributed by atoms with E-state index in [1.54, 1.807) is 0 Å². The van der Waals surface area contributed by atoms with E-state index in [4.69, 9.17) is 0 Å². The van der Waals surface area contributed by atoms with Gasteiger partial charge in [0.1, 0.15) is 0 Å². The van der Waals surface area contributed by atoms with Crippen molar-refractivity contribution in [2.45, 2.75) is 155 Å². The van der Waals surface area contributed by atoms with Gasteiger partial charge in [-0.2, -0.15) is 0 Å². The van der Waals surface area contributed by atoms with Crippen molar-refractivity contribution in [2.75, 3.05) is 0 Å². The molecule has 0 rings (SSSR count). The highest BCUT2D eigenvalue weighted by Gasteiger charge is 1.94. The van der Waals surface area contributed by atoms with Crippen molar-refractivity contribution in [1.82, 2.24) is 0 Å². The van der Waals surface area contributed by atoms with Crippen molar-refractivity contribution in [3.63, 3.8) is 0 Å². The van der Waals surface area contributed by atoms with Crippen molar-refractivity contribution in [3.8, 4) is 0 Å². The minimum absolute atomic E-state index is 1.29. The first-order valence-electron chi connectivity index (χ1n) is 12.6. The zero-order chi connectivity index (χ0) is 19.0. The van der Waals surface area contributed by atoms with Gasteiger partial charge in [0, 0.05) is 0 Å². The summed E-state index contributed by atoms with van der Waals surface area (Å²) in [5, 5.41) is 0. The van der Waals surface area contributed by atoms with Crippen molar-refractivity contribution >= 4 is 0 Å². The molecule has 0 heterocycles. The molecule has 26 heavy (non-hydrogen) atoms. The van der Waals surface area contributed by atoms with Crippen molar-refractivity contribution in [2.24, 2.45) is 0 Å². The van der Waals surface area contributed by atoms with Crippen LogP contribution >= 0.6 is 0 Å². The maximum atomic E-state index is 2.40. The molecule has 0 bridgehead atoms. The molecule has 0 spiro atoms. The van der Waals surface area contributed by atoms with Gasteiger partial charge in [-0.25, -0.2) is 0 Å². The van der Waals surface area contributed by atoms with E-state index in [9.17, 15) is 0 Å². The van der Waals surface area contributed by atoms with E-state index in [-0.39, 0.29) is 0 Å². The molecule has 0 aliphatic rings. The molecule has 0 saturated carbocycles. The molecule has 0 N–H and O–H groups in total. The Balaban J connectivity index is 3.00. The van der Waals surface area contributed by atoms with Gasteiger partial charge >= 0.3 is 0 Å². The summed E-state index contributed by atoms with van der Waals surface area (Å²) in [5.74, 6) is 0. The lowest BCUT2D eigenvalue weighted by Gasteiger charge is -2.03. The van der Waals surface area contributed by atoms with Crippen LogP contribution in [-0.4, -0.2) is 0 Å². The Morgan fingerprint density at radius 2 is 0.577 bits per heavy atom. The molecule has 0 aromatic heterocycles. The van der Waals surface area contributed by atoms with E-state index in [0.29, 0.717) is 0 Å². The molecule has 0 fully saturated rings. The number of hydrogen-bond donors (Lipinski definition) is 0. The summed E-state index contributed by atoms with van der Waals surface area (Å²) >= 11 is 0. The first-order chi connectivity index (χ1) is 12.9. The van der Waals surface area contributed by atoms with Crippen molar-refractivity contribution < 1.29 is 0 Å². The lowest BCUT2D eigenvalue weighted by atomic mass is 10.0. The zero-order valence-electron chi connectivity index (χ0n) is 18.7. The summed E-state index contributed by atoms with van der Waals surface area (Å²) in [6.45, 7) is 4.57. The van der Waals surface area contributed by atoms with E-state index >= 15 is 0 Å². The number of unbranched alkanes of at least 4 members (excludes halogenated alkanes) is 20. The van der Waals surface area contributed by atoms with Crippen molar-refractivity contribution in [1.29, 1.82) is 0 Å². The van der Waals surface area contributed by atoms with Crippen LogP contribution in [0, 0.1) is 0 Å². The van der Waals surface area contributed by atoms with Crippen LogP contribution in [0.2, 0.25) is 0 Å². The summed E-state index contributed by atoms with van der Waals surface area (Å²) in [6, 6.07) is 0. The van der Waals surface area contributed by atoms with Crippen LogP contribution in [0.1, 0.15) is 155 Å². The minimum atomic E-state index is 1.29. The van der Waals surface area contributed by atoms with Gasteiger partial charge in [-0.3, -0.25) is 0 Å². The summed E-state index contributed by atoms with van der Waals surface area (Å²) in [7, 11) is 0. The average molecular weight is 365 g/mol. The monoisotopic (exact) mass is 364 g/mol. The maximum absolute atomic E-state index is 2.40. The van der Waals surface area contributed by atoms with E-state index in [0.717, 1.165) is 0 Å². The van der Waals surface area contributed by atoms with E-state index in [1.165, 1.54) is 141 Å². The van der Waals surface area contributed by atoms with Gasteiger partial charge in [0.2, 0.25) is 0 Å². The molecular weight excluding hydrogens is 312 g/mol. The van der Waals surface area contributed by atoms with Crippen molar-refractivity contribution in [3.05, 3.63) is 12.2 Å². The van der Waals surface area contributed by atoms with Crippen LogP contribution in [0.3, 0.4) is 0 Å². The fraction of sp³-hybridized carbons (Fsp3) is 0.923. The van der Waals surface area contributed by atoms with Gasteiger partial charge in [-0.1, -0.05) is 148 Å². The molecule has 156 valence electrons. The van der Waals surface area contributed by atoms with Gasteiger partial charge in [-0.15, -0.1) is 0 Å². The topological polar surface area (TPSA) is 0 Å². The first kappa shape index (κ1) is 25.7. The second-order valence-electron chi connectivity index (χ2n) is 8.41. The highest BCUT2D eigenvalue weighted by Crippen LogP contribution is 2.14. The molecule has 0 nitrogen and oxygen atoms in total. The van der Waals surface area contributed by atoms with Gasteiger partial charge in [-0.05, 0) is 19.3 Å². The molecule has 0 aliphatic carbocycles. The minimum Gasteiger partial charge on any atom is -0.0885 e. The fourth-order valence-electron chi connectivity index (χ4n) is 3.72. The quantitative estimate of drug-likeness (QED) is 0.132.